The van der Waals surface area contributed by atoms with Crippen molar-refractivity contribution in [3.05, 3.63) is 29.8 Å². The fraction of sp³-hybridized carbons (Fsp3) is 0.667. The van der Waals surface area contributed by atoms with Crippen molar-refractivity contribution < 1.29 is 9.84 Å². The number of ether oxygens (including phenoxy) is 1. The van der Waals surface area contributed by atoms with Crippen LogP contribution in [0.1, 0.15) is 39.2 Å². The van der Waals surface area contributed by atoms with Crippen molar-refractivity contribution in [3.63, 3.8) is 0 Å². The Morgan fingerprint density at radius 3 is 2.35 bits per heavy atom. The van der Waals surface area contributed by atoms with Crippen LogP contribution in [-0.2, 0) is 6.42 Å². The van der Waals surface area contributed by atoms with E-state index in [0.29, 0.717) is 11.8 Å². The first-order chi connectivity index (χ1) is 9.40. The summed E-state index contributed by atoms with van der Waals surface area (Å²) in [4.78, 5) is 0. The van der Waals surface area contributed by atoms with Crippen LogP contribution in [-0.4, -0.2) is 18.3 Å². The molecule has 0 radical (unpaired) electrons. The van der Waals surface area contributed by atoms with Crippen molar-refractivity contribution in [3.8, 4) is 5.75 Å². The van der Waals surface area contributed by atoms with E-state index in [0.717, 1.165) is 12.2 Å². The molecule has 1 aromatic carbocycles. The maximum atomic E-state index is 10.8. The Labute approximate surface area is 122 Å². The zero-order valence-corrected chi connectivity index (χ0v) is 13.0. The molecular weight excluding hydrogens is 248 g/mol. The van der Waals surface area contributed by atoms with E-state index in [4.69, 9.17) is 4.74 Å². The molecule has 1 aromatic rings. The highest BCUT2D eigenvalue weighted by Crippen LogP contribution is 2.68. The Bertz CT molecular complexity index is 491. The molecular formula is C18H26O2. The lowest BCUT2D eigenvalue weighted by Gasteiger charge is -2.37. The quantitative estimate of drug-likeness (QED) is 0.911. The summed E-state index contributed by atoms with van der Waals surface area (Å²) >= 11 is 0. The Morgan fingerprint density at radius 2 is 1.85 bits per heavy atom. The molecule has 2 saturated carbocycles. The SMILES string of the molecule is COc1ccc(C[C@H]2[C@H]3CC[C@@](C)([C@@H]2O)C3(C)C)cc1. The molecule has 0 aliphatic heterocycles. The highest BCUT2D eigenvalue weighted by atomic mass is 16.5. The summed E-state index contributed by atoms with van der Waals surface area (Å²) < 4.78 is 5.21. The molecule has 20 heavy (non-hydrogen) atoms. The second kappa shape index (κ2) is 4.49. The molecule has 2 aliphatic carbocycles. The largest absolute Gasteiger partial charge is 0.497 e. The summed E-state index contributed by atoms with van der Waals surface area (Å²) in [6.45, 7) is 6.98. The molecule has 110 valence electrons. The van der Waals surface area contributed by atoms with Gasteiger partial charge < -0.3 is 9.84 Å². The fourth-order valence-corrected chi connectivity index (χ4v) is 4.82. The van der Waals surface area contributed by atoms with E-state index in [9.17, 15) is 5.11 Å². The molecule has 0 aromatic heterocycles. The first-order valence-corrected chi connectivity index (χ1v) is 7.71. The monoisotopic (exact) mass is 274 g/mol. The van der Waals surface area contributed by atoms with Crippen LogP contribution in [0.4, 0.5) is 0 Å². The van der Waals surface area contributed by atoms with E-state index >= 15 is 0 Å². The van der Waals surface area contributed by atoms with Crippen molar-refractivity contribution >= 4 is 0 Å². The van der Waals surface area contributed by atoms with Gasteiger partial charge in [-0.05, 0) is 59.6 Å². The average molecular weight is 274 g/mol. The second-order valence-electron chi connectivity index (χ2n) is 7.45. The number of rotatable bonds is 3. The Hall–Kier alpha value is -1.02. The van der Waals surface area contributed by atoms with Crippen molar-refractivity contribution in [1.29, 1.82) is 0 Å². The molecule has 0 saturated heterocycles. The van der Waals surface area contributed by atoms with Crippen LogP contribution < -0.4 is 4.74 Å². The van der Waals surface area contributed by atoms with Gasteiger partial charge in [0.05, 0.1) is 13.2 Å². The lowest BCUT2D eigenvalue weighted by atomic mass is 9.70. The number of hydrogen-bond donors (Lipinski definition) is 1. The molecule has 0 heterocycles. The number of fused-ring (bicyclic) bond motifs is 2. The molecule has 2 nitrogen and oxygen atoms in total. The molecule has 4 atom stereocenters. The van der Waals surface area contributed by atoms with Gasteiger partial charge in [0.15, 0.2) is 0 Å². The summed E-state index contributed by atoms with van der Waals surface area (Å²) in [6.07, 6.45) is 3.25. The Morgan fingerprint density at radius 1 is 1.20 bits per heavy atom. The average Bonchev–Trinajstić information content (AvgIpc) is 2.74. The first kappa shape index (κ1) is 13.9. The van der Waals surface area contributed by atoms with E-state index in [1.54, 1.807) is 7.11 Å². The van der Waals surface area contributed by atoms with Crippen LogP contribution in [0.15, 0.2) is 24.3 Å². The third-order valence-electron chi connectivity index (χ3n) is 6.58. The molecule has 2 fully saturated rings. The van der Waals surface area contributed by atoms with Gasteiger partial charge in [0.2, 0.25) is 0 Å². The summed E-state index contributed by atoms with van der Waals surface area (Å²) in [5.41, 5.74) is 1.65. The van der Waals surface area contributed by atoms with Crippen molar-refractivity contribution in [2.75, 3.05) is 7.11 Å². The minimum Gasteiger partial charge on any atom is -0.497 e. The predicted octanol–water partition coefficient (Wildman–Crippen LogP) is 3.67. The number of aliphatic hydroxyl groups is 1. The van der Waals surface area contributed by atoms with Gasteiger partial charge >= 0.3 is 0 Å². The lowest BCUT2D eigenvalue weighted by Crippen LogP contribution is -2.38. The van der Waals surface area contributed by atoms with Gasteiger partial charge in [-0.2, -0.15) is 0 Å². The van der Waals surface area contributed by atoms with E-state index < -0.39 is 0 Å². The zero-order chi connectivity index (χ0) is 14.5. The van der Waals surface area contributed by atoms with Crippen LogP contribution in [0.25, 0.3) is 0 Å². The Kier molecular flexibility index (Phi) is 3.13. The minimum atomic E-state index is -0.168. The number of methoxy groups -OCH3 is 1. The van der Waals surface area contributed by atoms with E-state index in [1.807, 2.05) is 12.1 Å². The minimum absolute atomic E-state index is 0.0921. The molecule has 2 heteroatoms. The topological polar surface area (TPSA) is 29.5 Å². The van der Waals surface area contributed by atoms with Crippen molar-refractivity contribution in [1.82, 2.24) is 0 Å². The number of hydrogen-bond acceptors (Lipinski definition) is 2. The highest BCUT2D eigenvalue weighted by Gasteiger charge is 2.65. The summed E-state index contributed by atoms with van der Waals surface area (Å²) in [6, 6.07) is 8.29. The van der Waals surface area contributed by atoms with Gasteiger partial charge in [-0.15, -0.1) is 0 Å². The van der Waals surface area contributed by atoms with Crippen molar-refractivity contribution in [2.45, 2.75) is 46.1 Å². The van der Waals surface area contributed by atoms with Gasteiger partial charge in [-0.1, -0.05) is 32.9 Å². The zero-order valence-electron chi connectivity index (χ0n) is 13.0. The summed E-state index contributed by atoms with van der Waals surface area (Å²) in [5, 5.41) is 10.8. The van der Waals surface area contributed by atoms with E-state index in [1.165, 1.54) is 18.4 Å². The van der Waals surface area contributed by atoms with Gasteiger partial charge in [0.1, 0.15) is 5.75 Å². The molecule has 2 aliphatic rings. The van der Waals surface area contributed by atoms with Gasteiger partial charge in [0.25, 0.3) is 0 Å². The van der Waals surface area contributed by atoms with Crippen LogP contribution in [0.5, 0.6) is 5.75 Å². The van der Waals surface area contributed by atoms with Crippen LogP contribution >= 0.6 is 0 Å². The lowest BCUT2D eigenvalue weighted by molar-refractivity contribution is -0.0102. The number of aliphatic hydroxyl groups excluding tert-OH is 1. The third-order valence-corrected chi connectivity index (χ3v) is 6.58. The normalized spacial score (nSPS) is 38.1. The smallest absolute Gasteiger partial charge is 0.118 e. The van der Waals surface area contributed by atoms with Crippen molar-refractivity contribution in [2.24, 2.45) is 22.7 Å². The molecule has 2 bridgehead atoms. The maximum Gasteiger partial charge on any atom is 0.118 e. The summed E-state index contributed by atoms with van der Waals surface area (Å²) in [7, 11) is 1.69. The third kappa shape index (κ3) is 1.74. The van der Waals surface area contributed by atoms with Gasteiger partial charge in [0, 0.05) is 0 Å². The first-order valence-electron chi connectivity index (χ1n) is 7.71. The molecule has 0 amide bonds. The van der Waals surface area contributed by atoms with E-state index in [-0.39, 0.29) is 16.9 Å². The van der Waals surface area contributed by atoms with Gasteiger partial charge in [-0.3, -0.25) is 0 Å². The van der Waals surface area contributed by atoms with Crippen LogP contribution in [0.2, 0.25) is 0 Å². The van der Waals surface area contributed by atoms with Gasteiger partial charge in [-0.25, -0.2) is 0 Å². The molecule has 1 N–H and O–H groups in total. The standard InChI is InChI=1S/C18H26O2/c1-17(2)15-9-10-18(17,3)16(19)14(15)11-12-5-7-13(20-4)8-6-12/h5-8,14-16,19H,9-11H2,1-4H3/t14-,15+,16+,18-/m0/s1. The number of benzene rings is 1. The van der Waals surface area contributed by atoms with Crippen LogP contribution in [0.3, 0.4) is 0 Å². The Balaban J connectivity index is 1.82. The maximum absolute atomic E-state index is 10.8. The highest BCUT2D eigenvalue weighted by molar-refractivity contribution is 5.28. The molecule has 0 unspecified atom stereocenters. The second-order valence-corrected chi connectivity index (χ2v) is 7.45. The molecule has 3 rings (SSSR count). The summed E-state index contributed by atoms with van der Waals surface area (Å²) in [5.74, 6) is 1.94. The van der Waals surface area contributed by atoms with Crippen LogP contribution in [0, 0.1) is 22.7 Å². The van der Waals surface area contributed by atoms with E-state index in [2.05, 4.69) is 32.9 Å². The fourth-order valence-electron chi connectivity index (χ4n) is 4.82. The predicted molar refractivity (Wildman–Crippen MR) is 80.8 cm³/mol. The molecule has 0 spiro atoms.